The predicted octanol–water partition coefficient (Wildman–Crippen LogP) is 2.35. The molecule has 1 unspecified atom stereocenters. The summed E-state index contributed by atoms with van der Waals surface area (Å²) < 4.78 is 13.7. The summed E-state index contributed by atoms with van der Waals surface area (Å²) in [5.74, 6) is 0.278. The Hall–Kier alpha value is -1.66. The molecule has 1 saturated heterocycles. The van der Waals surface area contributed by atoms with E-state index in [4.69, 9.17) is 0 Å². The first-order valence-corrected chi connectivity index (χ1v) is 8.15. The summed E-state index contributed by atoms with van der Waals surface area (Å²) in [4.78, 5) is 14.0. The summed E-state index contributed by atoms with van der Waals surface area (Å²) in [6.07, 6.45) is 1.66. The maximum absolute atomic E-state index is 13.7. The van der Waals surface area contributed by atoms with E-state index in [1.807, 2.05) is 0 Å². The molecule has 1 heterocycles. The highest BCUT2D eigenvalue weighted by atomic mass is 19.1. The summed E-state index contributed by atoms with van der Waals surface area (Å²) in [7, 11) is 0. The van der Waals surface area contributed by atoms with Gasteiger partial charge in [-0.25, -0.2) is 9.18 Å². The van der Waals surface area contributed by atoms with Crippen molar-refractivity contribution in [2.45, 2.75) is 32.8 Å². The second kappa shape index (κ2) is 8.26. The second-order valence-electron chi connectivity index (χ2n) is 6.46. The Labute approximate surface area is 136 Å². The molecular weight excluding hydrogens is 297 g/mol. The van der Waals surface area contributed by atoms with Crippen molar-refractivity contribution in [3.05, 3.63) is 29.6 Å². The topological polar surface area (TPSA) is 64.6 Å². The van der Waals surface area contributed by atoms with Crippen LogP contribution in [0.3, 0.4) is 0 Å². The quantitative estimate of drug-likeness (QED) is 0.779. The second-order valence-corrected chi connectivity index (χ2v) is 6.46. The number of aryl methyl sites for hydroxylation is 1. The predicted molar refractivity (Wildman–Crippen MR) is 89.0 cm³/mol. The Kier molecular flexibility index (Phi) is 6.36. The lowest BCUT2D eigenvalue weighted by Gasteiger charge is -2.31. The number of carbonyl (C=O) groups excluding carboxylic acids is 1. The zero-order chi connectivity index (χ0) is 16.8. The van der Waals surface area contributed by atoms with E-state index in [9.17, 15) is 14.3 Å². The van der Waals surface area contributed by atoms with Gasteiger partial charge in [-0.05, 0) is 56.5 Å². The Morgan fingerprint density at radius 1 is 1.43 bits per heavy atom. The van der Waals surface area contributed by atoms with E-state index in [0.717, 1.165) is 37.4 Å². The molecule has 1 aromatic carbocycles. The zero-order valence-electron chi connectivity index (χ0n) is 13.8. The fourth-order valence-electron chi connectivity index (χ4n) is 2.71. The maximum Gasteiger partial charge on any atom is 0.319 e. The van der Waals surface area contributed by atoms with Crippen LogP contribution in [0.1, 0.15) is 25.3 Å². The molecule has 0 aliphatic carbocycles. The SMILES string of the molecule is Cc1ccc(NC(=O)NCC(O)CN2CCC(C)CC2)c(F)c1. The van der Waals surface area contributed by atoms with E-state index in [0.29, 0.717) is 6.54 Å². The number of anilines is 1. The number of amides is 2. The van der Waals surface area contributed by atoms with Gasteiger partial charge in [0, 0.05) is 13.1 Å². The smallest absolute Gasteiger partial charge is 0.319 e. The fraction of sp³-hybridized carbons (Fsp3) is 0.588. The van der Waals surface area contributed by atoms with Crippen LogP contribution in [-0.4, -0.2) is 48.3 Å². The lowest BCUT2D eigenvalue weighted by molar-refractivity contribution is 0.0924. The number of halogens is 1. The number of benzene rings is 1. The molecule has 2 amide bonds. The van der Waals surface area contributed by atoms with Crippen molar-refractivity contribution < 1.29 is 14.3 Å². The highest BCUT2D eigenvalue weighted by Gasteiger charge is 2.18. The Balaban J connectivity index is 1.71. The van der Waals surface area contributed by atoms with Gasteiger partial charge in [-0.3, -0.25) is 0 Å². The van der Waals surface area contributed by atoms with Crippen molar-refractivity contribution in [1.82, 2.24) is 10.2 Å². The standard InChI is InChI=1S/C17H26FN3O2/c1-12-5-7-21(8-6-12)11-14(22)10-19-17(23)20-16-4-3-13(2)9-15(16)18/h3-4,9,12,14,22H,5-8,10-11H2,1-2H3,(H2,19,20,23). The summed E-state index contributed by atoms with van der Waals surface area (Å²) in [6, 6.07) is 4.10. The minimum Gasteiger partial charge on any atom is -0.390 e. The highest BCUT2D eigenvalue weighted by Crippen LogP contribution is 2.16. The normalized spacial score (nSPS) is 17.7. The van der Waals surface area contributed by atoms with E-state index >= 15 is 0 Å². The molecule has 5 nitrogen and oxygen atoms in total. The Morgan fingerprint density at radius 3 is 2.78 bits per heavy atom. The van der Waals surface area contributed by atoms with Gasteiger partial charge in [-0.2, -0.15) is 0 Å². The molecule has 23 heavy (non-hydrogen) atoms. The summed E-state index contributed by atoms with van der Waals surface area (Å²) in [5.41, 5.74) is 0.923. The molecule has 1 atom stereocenters. The molecule has 0 aromatic heterocycles. The van der Waals surface area contributed by atoms with Crippen LogP contribution < -0.4 is 10.6 Å². The van der Waals surface area contributed by atoms with Gasteiger partial charge >= 0.3 is 6.03 Å². The first kappa shape index (κ1) is 17.7. The van der Waals surface area contributed by atoms with Crippen molar-refractivity contribution in [1.29, 1.82) is 0 Å². The van der Waals surface area contributed by atoms with Crippen molar-refractivity contribution >= 4 is 11.7 Å². The summed E-state index contributed by atoms with van der Waals surface area (Å²) >= 11 is 0. The number of nitrogens with one attached hydrogen (secondary N) is 2. The molecule has 6 heteroatoms. The first-order chi connectivity index (χ1) is 10.9. The fourth-order valence-corrected chi connectivity index (χ4v) is 2.71. The molecule has 0 radical (unpaired) electrons. The molecule has 1 aliphatic heterocycles. The number of piperidine rings is 1. The van der Waals surface area contributed by atoms with Crippen LogP contribution in [0.25, 0.3) is 0 Å². The molecule has 128 valence electrons. The zero-order valence-corrected chi connectivity index (χ0v) is 13.8. The number of aliphatic hydroxyl groups is 1. The number of hydrogen-bond donors (Lipinski definition) is 3. The Bertz CT molecular complexity index is 531. The number of nitrogens with zero attached hydrogens (tertiary/aromatic N) is 1. The lowest BCUT2D eigenvalue weighted by atomic mass is 9.99. The average Bonchev–Trinajstić information content (AvgIpc) is 2.50. The van der Waals surface area contributed by atoms with Gasteiger partial charge in [0.15, 0.2) is 0 Å². The number of hydrogen-bond acceptors (Lipinski definition) is 3. The highest BCUT2D eigenvalue weighted by molar-refractivity contribution is 5.89. The van der Waals surface area contributed by atoms with Crippen molar-refractivity contribution in [3.63, 3.8) is 0 Å². The number of carbonyl (C=O) groups is 1. The van der Waals surface area contributed by atoms with E-state index in [1.165, 1.54) is 12.1 Å². The molecular formula is C17H26FN3O2. The minimum atomic E-state index is -0.628. The first-order valence-electron chi connectivity index (χ1n) is 8.15. The van der Waals surface area contributed by atoms with E-state index in [2.05, 4.69) is 22.5 Å². The van der Waals surface area contributed by atoms with Crippen molar-refractivity contribution in [2.75, 3.05) is 31.5 Å². The lowest BCUT2D eigenvalue weighted by Crippen LogP contribution is -2.43. The van der Waals surface area contributed by atoms with Gasteiger partial charge < -0.3 is 20.6 Å². The van der Waals surface area contributed by atoms with Gasteiger partial charge in [0.25, 0.3) is 0 Å². The molecule has 1 fully saturated rings. The van der Waals surface area contributed by atoms with Crippen LogP contribution in [0.5, 0.6) is 0 Å². The number of likely N-dealkylation sites (tertiary alicyclic amines) is 1. The van der Waals surface area contributed by atoms with Gasteiger partial charge in [0.1, 0.15) is 5.82 Å². The third kappa shape index (κ3) is 5.80. The van der Waals surface area contributed by atoms with Gasteiger partial charge in [-0.1, -0.05) is 13.0 Å². The third-order valence-corrected chi connectivity index (χ3v) is 4.22. The number of rotatable bonds is 5. The summed E-state index contributed by atoms with van der Waals surface area (Å²) in [6.45, 7) is 6.68. The van der Waals surface area contributed by atoms with Crippen LogP contribution in [0.4, 0.5) is 14.9 Å². The largest absolute Gasteiger partial charge is 0.390 e. The van der Waals surface area contributed by atoms with Crippen LogP contribution in [0.15, 0.2) is 18.2 Å². The third-order valence-electron chi connectivity index (χ3n) is 4.22. The molecule has 2 rings (SSSR count). The van der Waals surface area contributed by atoms with Gasteiger partial charge in [-0.15, -0.1) is 0 Å². The van der Waals surface area contributed by atoms with E-state index in [-0.39, 0.29) is 12.2 Å². The molecule has 3 N–H and O–H groups in total. The van der Waals surface area contributed by atoms with Crippen LogP contribution >= 0.6 is 0 Å². The van der Waals surface area contributed by atoms with Gasteiger partial charge in [0.2, 0.25) is 0 Å². The van der Waals surface area contributed by atoms with Gasteiger partial charge in [0.05, 0.1) is 11.8 Å². The van der Waals surface area contributed by atoms with Crippen molar-refractivity contribution in [2.24, 2.45) is 5.92 Å². The minimum absolute atomic E-state index is 0.132. The number of aliphatic hydroxyl groups excluding tert-OH is 1. The maximum atomic E-state index is 13.7. The monoisotopic (exact) mass is 323 g/mol. The molecule has 0 saturated carbocycles. The van der Waals surface area contributed by atoms with Crippen molar-refractivity contribution in [3.8, 4) is 0 Å². The Morgan fingerprint density at radius 2 is 2.13 bits per heavy atom. The molecule has 0 spiro atoms. The number of urea groups is 1. The van der Waals surface area contributed by atoms with E-state index in [1.54, 1.807) is 13.0 Å². The van der Waals surface area contributed by atoms with Crippen LogP contribution in [0, 0.1) is 18.7 Å². The number of β-amino-alcohol motifs (C(OH)–C–C–N with tert-alkyl or cyclic N) is 1. The molecule has 0 bridgehead atoms. The van der Waals surface area contributed by atoms with Crippen LogP contribution in [-0.2, 0) is 0 Å². The van der Waals surface area contributed by atoms with Crippen LogP contribution in [0.2, 0.25) is 0 Å². The molecule has 1 aliphatic rings. The molecule has 1 aromatic rings. The summed E-state index contributed by atoms with van der Waals surface area (Å²) in [5, 5.41) is 15.0. The van der Waals surface area contributed by atoms with E-state index < -0.39 is 18.0 Å². The average molecular weight is 323 g/mol.